The molecule has 1 fully saturated rings. The lowest BCUT2D eigenvalue weighted by Crippen LogP contribution is -2.49. The molecule has 1 aliphatic rings. The fourth-order valence-electron chi connectivity index (χ4n) is 3.45. The maximum Gasteiger partial charge on any atom is 0.191 e. The number of hydrogen-bond donors (Lipinski definition) is 3. The number of ether oxygens (including phenoxy) is 1. The van der Waals surface area contributed by atoms with Crippen molar-refractivity contribution >= 4 is 11.8 Å². The summed E-state index contributed by atoms with van der Waals surface area (Å²) in [6.45, 7) is 7.25. The Morgan fingerprint density at radius 1 is 1.27 bits per heavy atom. The van der Waals surface area contributed by atoms with Crippen LogP contribution in [-0.4, -0.2) is 61.0 Å². The van der Waals surface area contributed by atoms with Crippen LogP contribution in [0.2, 0.25) is 0 Å². The first-order valence-electron chi connectivity index (χ1n) is 10.7. The van der Waals surface area contributed by atoms with E-state index in [0.717, 1.165) is 55.6 Å². The number of guanidine groups is 1. The first-order chi connectivity index (χ1) is 14.6. The minimum Gasteiger partial charge on any atom is -0.491 e. The van der Waals surface area contributed by atoms with Crippen molar-refractivity contribution in [3.05, 3.63) is 54.2 Å². The smallest absolute Gasteiger partial charge is 0.191 e. The number of aromatic nitrogens is 1. The average Bonchev–Trinajstić information content (AvgIpc) is 2.77. The largest absolute Gasteiger partial charge is 0.491 e. The van der Waals surface area contributed by atoms with Crippen LogP contribution in [0.4, 0.5) is 5.82 Å². The Kier molecular flexibility index (Phi) is 8.32. The molecule has 7 heteroatoms. The van der Waals surface area contributed by atoms with Crippen LogP contribution in [0.5, 0.6) is 5.75 Å². The van der Waals surface area contributed by atoms with Crippen LogP contribution in [0.15, 0.2) is 53.7 Å². The molecule has 1 atom stereocenters. The second-order valence-electron chi connectivity index (χ2n) is 7.59. The van der Waals surface area contributed by atoms with Crippen molar-refractivity contribution in [3.8, 4) is 5.75 Å². The normalized spacial score (nSPS) is 16.2. The van der Waals surface area contributed by atoms with Crippen LogP contribution >= 0.6 is 0 Å². The lowest BCUT2D eigenvalue weighted by molar-refractivity contribution is 0.114. The highest BCUT2D eigenvalue weighted by molar-refractivity contribution is 5.80. The molecule has 3 N–H and O–H groups in total. The Hall–Kier alpha value is -2.80. The molecule has 1 saturated heterocycles. The Labute approximate surface area is 179 Å². The van der Waals surface area contributed by atoms with Gasteiger partial charge in [0, 0.05) is 31.9 Å². The van der Waals surface area contributed by atoms with Crippen molar-refractivity contribution in [2.24, 2.45) is 4.99 Å². The topological polar surface area (TPSA) is 82.0 Å². The number of benzene rings is 1. The summed E-state index contributed by atoms with van der Waals surface area (Å²) in [7, 11) is 0. The van der Waals surface area contributed by atoms with Crippen LogP contribution < -0.4 is 20.3 Å². The fourth-order valence-corrected chi connectivity index (χ4v) is 3.45. The van der Waals surface area contributed by atoms with Crippen molar-refractivity contribution in [1.29, 1.82) is 0 Å². The number of aliphatic hydroxyl groups excluding tert-OH is 1. The molecule has 1 unspecified atom stereocenters. The molecule has 0 bridgehead atoms. The van der Waals surface area contributed by atoms with E-state index in [-0.39, 0.29) is 13.2 Å². The van der Waals surface area contributed by atoms with E-state index < -0.39 is 6.10 Å². The minimum absolute atomic E-state index is 0.217. The number of piperidine rings is 1. The van der Waals surface area contributed by atoms with Crippen molar-refractivity contribution in [2.75, 3.05) is 37.7 Å². The van der Waals surface area contributed by atoms with Gasteiger partial charge in [0.15, 0.2) is 5.96 Å². The summed E-state index contributed by atoms with van der Waals surface area (Å²) >= 11 is 0. The van der Waals surface area contributed by atoms with Gasteiger partial charge in [-0.15, -0.1) is 0 Å². The van der Waals surface area contributed by atoms with Crippen molar-refractivity contribution in [3.63, 3.8) is 0 Å². The summed E-state index contributed by atoms with van der Waals surface area (Å²) in [5.74, 6) is 2.54. The van der Waals surface area contributed by atoms with Crippen molar-refractivity contribution in [2.45, 2.75) is 38.8 Å². The molecule has 2 heterocycles. The van der Waals surface area contributed by atoms with E-state index in [2.05, 4.69) is 31.6 Å². The summed E-state index contributed by atoms with van der Waals surface area (Å²) in [6, 6.07) is 14.2. The third-order valence-electron chi connectivity index (χ3n) is 5.05. The molecule has 0 radical (unpaired) electrons. The van der Waals surface area contributed by atoms with Gasteiger partial charge in [0.2, 0.25) is 0 Å². The SMILES string of the molecule is CCNC(=NCC(O)COc1cccc(C)c1)NC1CCN(c2ccccn2)CC1. The number of rotatable bonds is 8. The molecule has 3 rings (SSSR count). The van der Waals surface area contributed by atoms with Crippen molar-refractivity contribution in [1.82, 2.24) is 15.6 Å². The molecule has 7 nitrogen and oxygen atoms in total. The zero-order valence-corrected chi connectivity index (χ0v) is 17.9. The van der Waals surface area contributed by atoms with Gasteiger partial charge in [-0.3, -0.25) is 4.99 Å². The number of aliphatic imine (C=N–C) groups is 1. The number of anilines is 1. The van der Waals surface area contributed by atoms with Gasteiger partial charge < -0.3 is 25.4 Å². The van der Waals surface area contributed by atoms with E-state index in [4.69, 9.17) is 4.74 Å². The first-order valence-corrected chi connectivity index (χ1v) is 10.7. The minimum atomic E-state index is -0.660. The second kappa shape index (κ2) is 11.4. The number of aliphatic hydroxyl groups is 1. The quantitative estimate of drug-likeness (QED) is 0.457. The van der Waals surface area contributed by atoms with E-state index in [9.17, 15) is 5.11 Å². The maximum absolute atomic E-state index is 10.3. The molecule has 0 saturated carbocycles. The Morgan fingerprint density at radius 3 is 2.80 bits per heavy atom. The van der Waals surface area contributed by atoms with Crippen molar-refractivity contribution < 1.29 is 9.84 Å². The predicted molar refractivity (Wildman–Crippen MR) is 121 cm³/mol. The molecule has 0 spiro atoms. The number of aryl methyl sites for hydroxylation is 1. The molecule has 0 aliphatic carbocycles. The number of pyridine rings is 1. The van der Waals surface area contributed by atoms with E-state index in [1.54, 1.807) is 0 Å². The van der Waals surface area contributed by atoms with Gasteiger partial charge in [0.25, 0.3) is 0 Å². The molecular weight excluding hydrogens is 378 g/mol. The monoisotopic (exact) mass is 411 g/mol. The number of nitrogens with one attached hydrogen (secondary N) is 2. The Bertz CT molecular complexity index is 791. The Balaban J connectivity index is 1.45. The van der Waals surface area contributed by atoms with Gasteiger partial charge in [-0.05, 0) is 56.5 Å². The molecule has 1 aromatic carbocycles. The molecule has 0 amide bonds. The third-order valence-corrected chi connectivity index (χ3v) is 5.05. The highest BCUT2D eigenvalue weighted by Gasteiger charge is 2.20. The summed E-state index contributed by atoms with van der Waals surface area (Å²) in [4.78, 5) is 11.3. The lowest BCUT2D eigenvalue weighted by atomic mass is 10.1. The molecule has 2 aromatic rings. The van der Waals surface area contributed by atoms with Crippen LogP contribution in [-0.2, 0) is 0 Å². The molecule has 162 valence electrons. The highest BCUT2D eigenvalue weighted by atomic mass is 16.5. The standard InChI is InChI=1S/C23H33N5O2/c1-3-24-23(26-16-20(29)17-30-21-8-6-7-18(2)15-21)27-19-10-13-28(14-11-19)22-9-4-5-12-25-22/h4-9,12,15,19-20,29H,3,10-11,13-14,16-17H2,1-2H3,(H2,24,26,27). The predicted octanol–water partition coefficient (Wildman–Crippen LogP) is 2.35. The molecule has 1 aromatic heterocycles. The summed E-state index contributed by atoms with van der Waals surface area (Å²) in [5.41, 5.74) is 1.13. The van der Waals surface area contributed by atoms with Gasteiger partial charge in [0.05, 0.1) is 6.54 Å². The van der Waals surface area contributed by atoms with Crippen LogP contribution in [0, 0.1) is 6.92 Å². The summed E-state index contributed by atoms with van der Waals surface area (Å²) in [6.07, 6.45) is 3.20. The first kappa shape index (κ1) is 21.9. The molecular formula is C23H33N5O2. The van der Waals surface area contributed by atoms with E-state index in [1.165, 1.54) is 0 Å². The van der Waals surface area contributed by atoms with Crippen LogP contribution in [0.25, 0.3) is 0 Å². The average molecular weight is 412 g/mol. The fraction of sp³-hybridized carbons (Fsp3) is 0.478. The number of hydrogen-bond acceptors (Lipinski definition) is 5. The summed E-state index contributed by atoms with van der Waals surface area (Å²) < 4.78 is 5.67. The third kappa shape index (κ3) is 6.91. The number of nitrogens with zero attached hydrogens (tertiary/aromatic N) is 3. The maximum atomic E-state index is 10.3. The van der Waals surface area contributed by atoms with E-state index in [1.807, 2.05) is 56.4 Å². The second-order valence-corrected chi connectivity index (χ2v) is 7.59. The zero-order valence-electron chi connectivity index (χ0n) is 17.9. The summed E-state index contributed by atoms with van der Waals surface area (Å²) in [5, 5.41) is 17.0. The van der Waals surface area contributed by atoms with Gasteiger partial charge in [-0.1, -0.05) is 18.2 Å². The molecule has 1 aliphatic heterocycles. The van der Waals surface area contributed by atoms with E-state index in [0.29, 0.717) is 6.04 Å². The van der Waals surface area contributed by atoms with Gasteiger partial charge in [0.1, 0.15) is 24.3 Å². The zero-order chi connectivity index (χ0) is 21.2. The lowest BCUT2D eigenvalue weighted by Gasteiger charge is -2.33. The molecule has 30 heavy (non-hydrogen) atoms. The van der Waals surface area contributed by atoms with Crippen LogP contribution in [0.1, 0.15) is 25.3 Å². The van der Waals surface area contributed by atoms with Gasteiger partial charge in [-0.2, -0.15) is 0 Å². The van der Waals surface area contributed by atoms with E-state index >= 15 is 0 Å². The van der Waals surface area contributed by atoms with Gasteiger partial charge in [-0.25, -0.2) is 4.98 Å². The Morgan fingerprint density at radius 2 is 2.10 bits per heavy atom. The highest BCUT2D eigenvalue weighted by Crippen LogP contribution is 2.17. The van der Waals surface area contributed by atoms with Crippen LogP contribution in [0.3, 0.4) is 0 Å². The van der Waals surface area contributed by atoms with Gasteiger partial charge >= 0.3 is 0 Å².